The second-order valence-corrected chi connectivity index (χ2v) is 8.25. The number of fused-ring (bicyclic) bond motifs is 1. The molecule has 0 aliphatic rings. The fourth-order valence-corrected chi connectivity index (χ4v) is 3.87. The molecule has 33 heavy (non-hydrogen) atoms. The van der Waals surface area contributed by atoms with Gasteiger partial charge < -0.3 is 14.6 Å². The molecule has 1 N–H and O–H groups in total. The van der Waals surface area contributed by atoms with Crippen LogP contribution in [-0.4, -0.2) is 27.0 Å². The van der Waals surface area contributed by atoms with Gasteiger partial charge in [-0.3, -0.25) is 9.78 Å². The molecule has 0 saturated heterocycles. The number of rotatable bonds is 9. The Morgan fingerprint density at radius 3 is 2.52 bits per heavy atom. The summed E-state index contributed by atoms with van der Waals surface area (Å²) in [6.07, 6.45) is 2.73. The van der Waals surface area contributed by atoms with E-state index in [0.717, 1.165) is 29.0 Å². The first-order chi connectivity index (χ1) is 16.1. The second kappa shape index (κ2) is 10.3. The van der Waals surface area contributed by atoms with Gasteiger partial charge in [-0.25, -0.2) is 4.98 Å². The van der Waals surface area contributed by atoms with E-state index >= 15 is 0 Å². The first-order valence-corrected chi connectivity index (χ1v) is 11.5. The number of nitrogens with zero attached hydrogens (tertiary/aromatic N) is 3. The number of imidazole rings is 1. The lowest BCUT2D eigenvalue weighted by Crippen LogP contribution is -2.29. The van der Waals surface area contributed by atoms with Gasteiger partial charge in [-0.05, 0) is 61.2 Å². The van der Waals surface area contributed by atoms with E-state index in [2.05, 4.69) is 40.8 Å². The van der Waals surface area contributed by atoms with E-state index in [1.165, 1.54) is 5.56 Å². The minimum absolute atomic E-state index is 0.223. The van der Waals surface area contributed by atoms with Crippen LogP contribution < -0.4 is 10.1 Å². The van der Waals surface area contributed by atoms with Gasteiger partial charge in [-0.15, -0.1) is 0 Å². The number of pyridine rings is 1. The molecule has 2 heterocycles. The van der Waals surface area contributed by atoms with Gasteiger partial charge >= 0.3 is 0 Å². The lowest BCUT2D eigenvalue weighted by atomic mass is 9.99. The quantitative estimate of drug-likeness (QED) is 0.371. The SMILES string of the molecule is CCC(C)c1ccc(OCCn2c(C(C)NC(=O)c3ccccn3)nc3ccccc32)cc1. The van der Waals surface area contributed by atoms with Gasteiger partial charge in [0.15, 0.2) is 0 Å². The number of amides is 1. The van der Waals surface area contributed by atoms with Gasteiger partial charge in [0.05, 0.1) is 23.6 Å². The Morgan fingerprint density at radius 1 is 1.03 bits per heavy atom. The minimum Gasteiger partial charge on any atom is -0.492 e. The Hall–Kier alpha value is -3.67. The number of aromatic nitrogens is 3. The van der Waals surface area contributed by atoms with Crippen molar-refractivity contribution in [2.45, 2.75) is 45.7 Å². The standard InChI is InChI=1S/C27H30N4O2/c1-4-19(2)21-12-14-22(15-13-21)33-18-17-31-25-11-6-5-9-23(25)30-26(31)20(3)29-27(32)24-10-7-8-16-28-24/h5-16,19-20H,4,17-18H2,1-3H3,(H,29,32). The second-order valence-electron chi connectivity index (χ2n) is 8.25. The average molecular weight is 443 g/mol. The van der Waals surface area contributed by atoms with E-state index in [-0.39, 0.29) is 11.9 Å². The minimum atomic E-state index is -0.290. The molecule has 2 atom stereocenters. The molecule has 0 aliphatic heterocycles. The van der Waals surface area contributed by atoms with Crippen molar-refractivity contribution in [2.75, 3.05) is 6.61 Å². The maximum atomic E-state index is 12.6. The summed E-state index contributed by atoms with van der Waals surface area (Å²) in [6.45, 7) is 7.48. The molecular weight excluding hydrogens is 412 g/mol. The van der Waals surface area contributed by atoms with Crippen molar-refractivity contribution < 1.29 is 9.53 Å². The molecule has 2 aromatic carbocycles. The van der Waals surface area contributed by atoms with Crippen molar-refractivity contribution in [3.8, 4) is 5.75 Å². The molecule has 0 fully saturated rings. The van der Waals surface area contributed by atoms with Crippen molar-refractivity contribution in [3.05, 3.63) is 90.0 Å². The van der Waals surface area contributed by atoms with Crippen LogP contribution in [0.4, 0.5) is 0 Å². The van der Waals surface area contributed by atoms with Crippen LogP contribution in [-0.2, 0) is 6.54 Å². The number of para-hydroxylation sites is 2. The molecular formula is C27H30N4O2. The van der Waals surface area contributed by atoms with Crippen molar-refractivity contribution in [3.63, 3.8) is 0 Å². The van der Waals surface area contributed by atoms with Crippen LogP contribution in [0.1, 0.15) is 61.0 Å². The first kappa shape index (κ1) is 22.5. The van der Waals surface area contributed by atoms with Crippen molar-refractivity contribution in [2.24, 2.45) is 0 Å². The Bertz CT molecular complexity index is 1200. The maximum Gasteiger partial charge on any atom is 0.270 e. The van der Waals surface area contributed by atoms with E-state index < -0.39 is 0 Å². The molecule has 170 valence electrons. The van der Waals surface area contributed by atoms with Gasteiger partial charge in [0.2, 0.25) is 0 Å². The van der Waals surface area contributed by atoms with E-state index in [4.69, 9.17) is 9.72 Å². The predicted octanol–water partition coefficient (Wildman–Crippen LogP) is 5.51. The van der Waals surface area contributed by atoms with E-state index in [0.29, 0.717) is 24.8 Å². The Morgan fingerprint density at radius 2 is 1.79 bits per heavy atom. The highest BCUT2D eigenvalue weighted by Crippen LogP contribution is 2.23. The molecule has 1 amide bonds. The summed E-state index contributed by atoms with van der Waals surface area (Å²) >= 11 is 0. The normalized spacial score (nSPS) is 12.9. The van der Waals surface area contributed by atoms with Crippen LogP contribution in [0, 0.1) is 0 Å². The monoisotopic (exact) mass is 442 g/mol. The number of ether oxygens (including phenoxy) is 1. The lowest BCUT2D eigenvalue weighted by Gasteiger charge is -2.17. The van der Waals surface area contributed by atoms with Gasteiger partial charge in [-0.1, -0.05) is 44.2 Å². The predicted molar refractivity (Wildman–Crippen MR) is 130 cm³/mol. The van der Waals surface area contributed by atoms with Crippen LogP contribution in [0.5, 0.6) is 5.75 Å². The third-order valence-corrected chi connectivity index (χ3v) is 5.96. The molecule has 4 rings (SSSR count). The summed E-state index contributed by atoms with van der Waals surface area (Å²) in [5, 5.41) is 3.02. The lowest BCUT2D eigenvalue weighted by molar-refractivity contribution is 0.0932. The highest BCUT2D eigenvalue weighted by atomic mass is 16.5. The summed E-state index contributed by atoms with van der Waals surface area (Å²) in [6, 6.07) is 21.3. The zero-order chi connectivity index (χ0) is 23.2. The van der Waals surface area contributed by atoms with Gasteiger partial charge in [0.25, 0.3) is 5.91 Å². The summed E-state index contributed by atoms with van der Waals surface area (Å²) in [5.41, 5.74) is 3.62. The van der Waals surface area contributed by atoms with Crippen molar-refractivity contribution in [1.29, 1.82) is 0 Å². The van der Waals surface area contributed by atoms with Crippen LogP contribution in [0.2, 0.25) is 0 Å². The molecule has 0 saturated carbocycles. The molecule has 0 spiro atoms. The number of hydrogen-bond donors (Lipinski definition) is 1. The molecule has 2 unspecified atom stereocenters. The number of hydrogen-bond acceptors (Lipinski definition) is 4. The molecule has 6 heteroatoms. The first-order valence-electron chi connectivity index (χ1n) is 11.5. The molecule has 0 radical (unpaired) electrons. The number of nitrogens with one attached hydrogen (secondary N) is 1. The third-order valence-electron chi connectivity index (χ3n) is 5.96. The van der Waals surface area contributed by atoms with Gasteiger partial charge in [-0.2, -0.15) is 0 Å². The summed E-state index contributed by atoms with van der Waals surface area (Å²) in [4.78, 5) is 21.6. The molecule has 0 aliphatic carbocycles. The molecule has 4 aromatic rings. The summed E-state index contributed by atoms with van der Waals surface area (Å²) < 4.78 is 8.15. The average Bonchev–Trinajstić information content (AvgIpc) is 3.23. The number of carbonyl (C=O) groups is 1. The largest absolute Gasteiger partial charge is 0.492 e. The Balaban J connectivity index is 1.48. The molecule has 6 nitrogen and oxygen atoms in total. The number of benzene rings is 2. The topological polar surface area (TPSA) is 69.0 Å². The highest BCUT2D eigenvalue weighted by molar-refractivity contribution is 5.92. The fourth-order valence-electron chi connectivity index (χ4n) is 3.87. The van der Waals surface area contributed by atoms with Gasteiger partial charge in [0.1, 0.15) is 23.9 Å². The highest BCUT2D eigenvalue weighted by Gasteiger charge is 2.19. The van der Waals surface area contributed by atoms with Crippen LogP contribution in [0.3, 0.4) is 0 Å². The molecule has 2 aromatic heterocycles. The van der Waals surface area contributed by atoms with Crippen LogP contribution >= 0.6 is 0 Å². The van der Waals surface area contributed by atoms with Gasteiger partial charge in [0, 0.05) is 6.20 Å². The Labute approximate surface area is 194 Å². The molecule has 0 bridgehead atoms. The van der Waals surface area contributed by atoms with Crippen molar-refractivity contribution in [1.82, 2.24) is 19.9 Å². The fraction of sp³-hybridized carbons (Fsp3) is 0.296. The van der Waals surface area contributed by atoms with E-state index in [9.17, 15) is 4.79 Å². The zero-order valence-corrected chi connectivity index (χ0v) is 19.4. The zero-order valence-electron chi connectivity index (χ0n) is 19.4. The van der Waals surface area contributed by atoms with Crippen LogP contribution in [0.25, 0.3) is 11.0 Å². The third kappa shape index (κ3) is 5.22. The smallest absolute Gasteiger partial charge is 0.270 e. The Kier molecular flexibility index (Phi) is 7.03. The summed E-state index contributed by atoms with van der Waals surface area (Å²) in [7, 11) is 0. The van der Waals surface area contributed by atoms with Crippen molar-refractivity contribution >= 4 is 16.9 Å². The maximum absolute atomic E-state index is 12.6. The summed E-state index contributed by atoms with van der Waals surface area (Å²) in [5.74, 6) is 1.96. The van der Waals surface area contributed by atoms with Crippen LogP contribution in [0.15, 0.2) is 72.9 Å². The van der Waals surface area contributed by atoms with E-state index in [1.807, 2.05) is 43.3 Å². The number of carbonyl (C=O) groups excluding carboxylic acids is 1. The van der Waals surface area contributed by atoms with E-state index in [1.54, 1.807) is 24.4 Å².